The standard InChI is InChI=1S/C13H22N2O/c1-11(16)8-9-15(2)13(10-14)12-6-4-3-5-7-12/h3-7,11,13,16H,8-10,14H2,1-2H3. The van der Waals surface area contributed by atoms with Crippen LogP contribution in [0.3, 0.4) is 0 Å². The molecule has 1 rings (SSSR count). The van der Waals surface area contributed by atoms with Crippen LogP contribution in [-0.4, -0.2) is 36.2 Å². The van der Waals surface area contributed by atoms with Crippen LogP contribution in [0.1, 0.15) is 24.9 Å². The van der Waals surface area contributed by atoms with Crippen molar-refractivity contribution >= 4 is 0 Å². The van der Waals surface area contributed by atoms with Gasteiger partial charge in [0.1, 0.15) is 0 Å². The van der Waals surface area contributed by atoms with E-state index in [1.165, 1.54) is 5.56 Å². The number of rotatable bonds is 6. The molecule has 0 heterocycles. The van der Waals surface area contributed by atoms with Crippen molar-refractivity contribution in [3.63, 3.8) is 0 Å². The average molecular weight is 222 g/mol. The van der Waals surface area contributed by atoms with Gasteiger partial charge in [-0.2, -0.15) is 0 Å². The topological polar surface area (TPSA) is 49.5 Å². The molecule has 1 aromatic carbocycles. The molecule has 0 saturated carbocycles. The zero-order valence-electron chi connectivity index (χ0n) is 10.1. The first-order valence-electron chi connectivity index (χ1n) is 5.78. The largest absolute Gasteiger partial charge is 0.393 e. The van der Waals surface area contributed by atoms with E-state index in [2.05, 4.69) is 17.0 Å². The van der Waals surface area contributed by atoms with Crippen LogP contribution in [0.15, 0.2) is 30.3 Å². The molecule has 1 aromatic rings. The normalized spacial score (nSPS) is 15.1. The Kier molecular flexibility index (Phi) is 5.46. The third-order valence-electron chi connectivity index (χ3n) is 2.84. The number of nitrogens with zero attached hydrogens (tertiary/aromatic N) is 1. The molecule has 3 nitrogen and oxygen atoms in total. The van der Waals surface area contributed by atoms with Gasteiger partial charge in [-0.25, -0.2) is 0 Å². The van der Waals surface area contributed by atoms with Gasteiger partial charge in [-0.3, -0.25) is 4.90 Å². The van der Waals surface area contributed by atoms with Crippen LogP contribution in [0.25, 0.3) is 0 Å². The summed E-state index contributed by atoms with van der Waals surface area (Å²) in [4.78, 5) is 2.20. The summed E-state index contributed by atoms with van der Waals surface area (Å²) >= 11 is 0. The summed E-state index contributed by atoms with van der Waals surface area (Å²) < 4.78 is 0. The van der Waals surface area contributed by atoms with E-state index in [1.807, 2.05) is 32.2 Å². The second-order valence-electron chi connectivity index (χ2n) is 4.28. The maximum atomic E-state index is 9.27. The van der Waals surface area contributed by atoms with Crippen molar-refractivity contribution in [1.29, 1.82) is 0 Å². The molecular weight excluding hydrogens is 200 g/mol. The molecular formula is C13H22N2O. The molecule has 3 heteroatoms. The summed E-state index contributed by atoms with van der Waals surface area (Å²) in [6.45, 7) is 3.27. The minimum Gasteiger partial charge on any atom is -0.393 e. The summed E-state index contributed by atoms with van der Waals surface area (Å²) in [6.07, 6.45) is 0.525. The molecule has 3 N–H and O–H groups in total. The molecule has 90 valence electrons. The van der Waals surface area contributed by atoms with E-state index in [-0.39, 0.29) is 12.1 Å². The van der Waals surface area contributed by atoms with Gasteiger partial charge in [-0.15, -0.1) is 0 Å². The van der Waals surface area contributed by atoms with E-state index >= 15 is 0 Å². The van der Waals surface area contributed by atoms with Crippen molar-refractivity contribution in [2.75, 3.05) is 20.1 Å². The molecule has 0 bridgehead atoms. The number of benzene rings is 1. The quantitative estimate of drug-likeness (QED) is 0.764. The molecule has 16 heavy (non-hydrogen) atoms. The molecule has 0 fully saturated rings. The van der Waals surface area contributed by atoms with Crippen LogP contribution in [0.4, 0.5) is 0 Å². The lowest BCUT2D eigenvalue weighted by Gasteiger charge is -2.27. The SMILES string of the molecule is CC(O)CCN(C)C(CN)c1ccccc1. The Balaban J connectivity index is 2.60. The Morgan fingerprint density at radius 3 is 2.44 bits per heavy atom. The molecule has 0 amide bonds. The maximum Gasteiger partial charge on any atom is 0.0524 e. The van der Waals surface area contributed by atoms with Crippen LogP contribution in [-0.2, 0) is 0 Å². The first-order valence-corrected chi connectivity index (χ1v) is 5.78. The van der Waals surface area contributed by atoms with E-state index in [0.29, 0.717) is 6.54 Å². The van der Waals surface area contributed by atoms with Gasteiger partial charge < -0.3 is 10.8 Å². The Morgan fingerprint density at radius 2 is 1.94 bits per heavy atom. The van der Waals surface area contributed by atoms with Crippen molar-refractivity contribution < 1.29 is 5.11 Å². The minimum atomic E-state index is -0.253. The lowest BCUT2D eigenvalue weighted by Crippen LogP contribution is -2.32. The number of hydrogen-bond acceptors (Lipinski definition) is 3. The van der Waals surface area contributed by atoms with E-state index < -0.39 is 0 Å². The monoisotopic (exact) mass is 222 g/mol. The molecule has 0 aromatic heterocycles. The van der Waals surface area contributed by atoms with Gasteiger partial charge in [0.25, 0.3) is 0 Å². The molecule has 0 saturated heterocycles. The lowest BCUT2D eigenvalue weighted by atomic mass is 10.1. The summed E-state index contributed by atoms with van der Waals surface area (Å²) in [5.41, 5.74) is 7.04. The van der Waals surface area contributed by atoms with Gasteiger partial charge in [0.05, 0.1) is 6.10 Å². The van der Waals surface area contributed by atoms with Crippen molar-refractivity contribution in [2.24, 2.45) is 5.73 Å². The molecule has 0 aliphatic carbocycles. The minimum absolute atomic E-state index is 0.236. The summed E-state index contributed by atoms with van der Waals surface area (Å²) in [7, 11) is 2.05. The van der Waals surface area contributed by atoms with E-state index in [4.69, 9.17) is 5.73 Å². The number of likely N-dealkylation sites (N-methyl/N-ethyl adjacent to an activating group) is 1. The summed E-state index contributed by atoms with van der Waals surface area (Å²) in [5.74, 6) is 0. The zero-order chi connectivity index (χ0) is 12.0. The third kappa shape index (κ3) is 3.93. The highest BCUT2D eigenvalue weighted by atomic mass is 16.3. The van der Waals surface area contributed by atoms with Crippen molar-refractivity contribution in [3.8, 4) is 0 Å². The van der Waals surface area contributed by atoms with Crippen LogP contribution >= 0.6 is 0 Å². The van der Waals surface area contributed by atoms with Gasteiger partial charge in [0.15, 0.2) is 0 Å². The van der Waals surface area contributed by atoms with Crippen molar-refractivity contribution in [1.82, 2.24) is 4.90 Å². The van der Waals surface area contributed by atoms with Crippen LogP contribution in [0.2, 0.25) is 0 Å². The van der Waals surface area contributed by atoms with Gasteiger partial charge in [-0.1, -0.05) is 30.3 Å². The van der Waals surface area contributed by atoms with Crippen LogP contribution in [0, 0.1) is 0 Å². The lowest BCUT2D eigenvalue weighted by molar-refractivity contribution is 0.150. The number of aliphatic hydroxyl groups excluding tert-OH is 1. The van der Waals surface area contributed by atoms with Crippen molar-refractivity contribution in [2.45, 2.75) is 25.5 Å². The fraction of sp³-hybridized carbons (Fsp3) is 0.538. The van der Waals surface area contributed by atoms with Crippen LogP contribution < -0.4 is 5.73 Å². The highest BCUT2D eigenvalue weighted by Gasteiger charge is 2.14. The zero-order valence-corrected chi connectivity index (χ0v) is 10.1. The second-order valence-corrected chi connectivity index (χ2v) is 4.28. The molecule has 0 aliphatic heterocycles. The fourth-order valence-electron chi connectivity index (χ4n) is 1.79. The predicted molar refractivity (Wildman–Crippen MR) is 67.2 cm³/mol. The van der Waals surface area contributed by atoms with Crippen LogP contribution in [0.5, 0.6) is 0 Å². The van der Waals surface area contributed by atoms with Gasteiger partial charge >= 0.3 is 0 Å². The number of aliphatic hydroxyl groups is 1. The molecule has 0 radical (unpaired) electrons. The molecule has 2 unspecified atom stereocenters. The first-order chi connectivity index (χ1) is 7.65. The Bertz CT molecular complexity index is 287. The Hall–Kier alpha value is -0.900. The third-order valence-corrected chi connectivity index (χ3v) is 2.84. The average Bonchev–Trinajstić information content (AvgIpc) is 2.29. The van der Waals surface area contributed by atoms with Gasteiger partial charge in [0, 0.05) is 19.1 Å². The number of nitrogens with two attached hydrogens (primary N) is 1. The smallest absolute Gasteiger partial charge is 0.0524 e. The molecule has 0 aliphatic rings. The molecule has 2 atom stereocenters. The Morgan fingerprint density at radius 1 is 1.31 bits per heavy atom. The molecule has 0 spiro atoms. The Labute approximate surface area is 97.9 Å². The first kappa shape index (κ1) is 13.2. The van der Waals surface area contributed by atoms with E-state index in [1.54, 1.807) is 0 Å². The van der Waals surface area contributed by atoms with Gasteiger partial charge in [-0.05, 0) is 26.0 Å². The van der Waals surface area contributed by atoms with E-state index in [9.17, 15) is 5.11 Å². The maximum absolute atomic E-state index is 9.27. The van der Waals surface area contributed by atoms with Crippen molar-refractivity contribution in [3.05, 3.63) is 35.9 Å². The fourth-order valence-corrected chi connectivity index (χ4v) is 1.79. The highest BCUT2D eigenvalue weighted by Crippen LogP contribution is 2.17. The summed E-state index contributed by atoms with van der Waals surface area (Å²) in [5, 5.41) is 9.27. The van der Waals surface area contributed by atoms with E-state index in [0.717, 1.165) is 13.0 Å². The predicted octanol–water partition coefficient (Wildman–Crippen LogP) is 1.39. The second kappa shape index (κ2) is 6.63. The summed E-state index contributed by atoms with van der Waals surface area (Å²) in [6, 6.07) is 10.5. The van der Waals surface area contributed by atoms with Gasteiger partial charge in [0.2, 0.25) is 0 Å². The highest BCUT2D eigenvalue weighted by molar-refractivity contribution is 5.19. The number of hydrogen-bond donors (Lipinski definition) is 2.